The van der Waals surface area contributed by atoms with Gasteiger partial charge in [0.1, 0.15) is 0 Å². The van der Waals surface area contributed by atoms with Crippen molar-refractivity contribution < 1.29 is 0 Å². The lowest BCUT2D eigenvalue weighted by atomic mass is 9.88. The third kappa shape index (κ3) is 3.33. The van der Waals surface area contributed by atoms with Gasteiger partial charge in [-0.2, -0.15) is 0 Å². The Morgan fingerprint density at radius 1 is 1.11 bits per heavy atom. The molecular weight excluding hydrogens is 242 g/mol. The molecule has 0 amide bonds. The molecule has 0 saturated heterocycles. The zero-order valence-electron chi connectivity index (χ0n) is 10.6. The molecule has 93 valence electrons. The first-order valence-electron chi connectivity index (χ1n) is 6.33. The van der Waals surface area contributed by atoms with Crippen molar-refractivity contribution in [2.45, 2.75) is 26.2 Å². The number of pyridine rings is 1. The van der Waals surface area contributed by atoms with Gasteiger partial charge in [-0.1, -0.05) is 49.6 Å². The van der Waals surface area contributed by atoms with Crippen LogP contribution in [0.25, 0.3) is 0 Å². The van der Waals surface area contributed by atoms with Crippen molar-refractivity contribution in [2.24, 2.45) is 0 Å². The molecule has 1 aromatic carbocycles. The molecule has 18 heavy (non-hydrogen) atoms. The van der Waals surface area contributed by atoms with Crippen molar-refractivity contribution in [1.82, 2.24) is 4.98 Å². The first kappa shape index (κ1) is 13.1. The van der Waals surface area contributed by atoms with E-state index in [9.17, 15) is 0 Å². The summed E-state index contributed by atoms with van der Waals surface area (Å²) in [5, 5.41) is 0.778. The van der Waals surface area contributed by atoms with Crippen LogP contribution in [0.3, 0.4) is 0 Å². The second kappa shape index (κ2) is 6.55. The van der Waals surface area contributed by atoms with E-state index < -0.39 is 0 Å². The second-order valence-corrected chi connectivity index (χ2v) is 4.77. The number of rotatable bonds is 5. The minimum Gasteiger partial charge on any atom is -0.264 e. The lowest BCUT2D eigenvalue weighted by molar-refractivity contribution is 0.754. The molecule has 0 N–H and O–H groups in total. The van der Waals surface area contributed by atoms with Crippen LogP contribution in [0.2, 0.25) is 5.02 Å². The number of halogens is 1. The van der Waals surface area contributed by atoms with Gasteiger partial charge in [0.2, 0.25) is 0 Å². The Hall–Kier alpha value is -1.34. The molecule has 1 nitrogen and oxygen atoms in total. The van der Waals surface area contributed by atoms with Crippen LogP contribution in [0.15, 0.2) is 48.8 Å². The minimum atomic E-state index is 0.778. The van der Waals surface area contributed by atoms with E-state index in [0.717, 1.165) is 11.4 Å². The molecule has 0 aliphatic carbocycles. The summed E-state index contributed by atoms with van der Waals surface area (Å²) in [5.74, 6) is 1.35. The van der Waals surface area contributed by atoms with Gasteiger partial charge in [0.15, 0.2) is 0 Å². The van der Waals surface area contributed by atoms with Crippen LogP contribution in [0.5, 0.6) is 0 Å². The number of hydrogen-bond donors (Lipinski definition) is 0. The SMILES string of the molecule is CCCC[C](c1ccc(Cl)cc1)c1cccnc1. The molecule has 1 aromatic heterocycles. The number of hydrogen-bond acceptors (Lipinski definition) is 1. The smallest absolute Gasteiger partial charge is 0.0406 e. The van der Waals surface area contributed by atoms with E-state index in [4.69, 9.17) is 11.6 Å². The summed E-state index contributed by atoms with van der Waals surface area (Å²) in [6.45, 7) is 2.21. The van der Waals surface area contributed by atoms with Crippen LogP contribution in [0.4, 0.5) is 0 Å². The van der Waals surface area contributed by atoms with Crippen LogP contribution >= 0.6 is 11.6 Å². The third-order valence-electron chi connectivity index (χ3n) is 2.98. The van der Waals surface area contributed by atoms with E-state index in [1.807, 2.05) is 30.6 Å². The maximum atomic E-state index is 5.95. The molecule has 0 atom stereocenters. The Morgan fingerprint density at radius 3 is 2.50 bits per heavy atom. The van der Waals surface area contributed by atoms with Crippen LogP contribution in [-0.4, -0.2) is 4.98 Å². The molecule has 0 bridgehead atoms. The number of aromatic nitrogens is 1. The molecule has 1 heterocycles. The molecule has 2 aromatic rings. The first-order valence-corrected chi connectivity index (χ1v) is 6.71. The average Bonchev–Trinajstić information content (AvgIpc) is 2.42. The van der Waals surface area contributed by atoms with Crippen LogP contribution in [0, 0.1) is 5.92 Å². The molecule has 2 heteroatoms. The van der Waals surface area contributed by atoms with Gasteiger partial charge in [-0.3, -0.25) is 4.98 Å². The van der Waals surface area contributed by atoms with Gasteiger partial charge in [0, 0.05) is 23.3 Å². The summed E-state index contributed by atoms with van der Waals surface area (Å²) in [5.41, 5.74) is 2.44. The van der Waals surface area contributed by atoms with E-state index in [1.165, 1.54) is 29.9 Å². The maximum absolute atomic E-state index is 5.95. The molecule has 0 spiro atoms. The predicted molar refractivity (Wildman–Crippen MR) is 76.7 cm³/mol. The molecule has 0 aliphatic heterocycles. The summed E-state index contributed by atoms with van der Waals surface area (Å²) in [4.78, 5) is 4.21. The summed E-state index contributed by atoms with van der Waals surface area (Å²) in [6, 6.07) is 12.2. The molecule has 2 rings (SSSR count). The number of unbranched alkanes of at least 4 members (excludes halogenated alkanes) is 1. The van der Waals surface area contributed by atoms with Crippen LogP contribution in [0.1, 0.15) is 37.3 Å². The van der Waals surface area contributed by atoms with Crippen molar-refractivity contribution in [3.05, 3.63) is 70.9 Å². The fourth-order valence-electron chi connectivity index (χ4n) is 2.00. The van der Waals surface area contributed by atoms with Gasteiger partial charge in [-0.05, 0) is 35.7 Å². The lowest BCUT2D eigenvalue weighted by Gasteiger charge is -2.16. The Kier molecular flexibility index (Phi) is 4.77. The molecule has 1 radical (unpaired) electrons. The molecule has 0 saturated carbocycles. The molecule has 0 unspecified atom stereocenters. The molecule has 0 fully saturated rings. The molecule has 0 aliphatic rings. The van der Waals surface area contributed by atoms with Crippen molar-refractivity contribution in [3.63, 3.8) is 0 Å². The average molecular weight is 259 g/mol. The van der Waals surface area contributed by atoms with Gasteiger partial charge in [-0.15, -0.1) is 0 Å². The van der Waals surface area contributed by atoms with Gasteiger partial charge in [-0.25, -0.2) is 0 Å². The number of benzene rings is 1. The maximum Gasteiger partial charge on any atom is 0.0406 e. The predicted octanol–water partition coefficient (Wildman–Crippen LogP) is 4.90. The largest absolute Gasteiger partial charge is 0.264 e. The zero-order chi connectivity index (χ0) is 12.8. The fraction of sp³-hybridized carbons (Fsp3) is 0.250. The van der Waals surface area contributed by atoms with Crippen LogP contribution < -0.4 is 0 Å². The van der Waals surface area contributed by atoms with Gasteiger partial charge in [0.05, 0.1) is 0 Å². The number of nitrogens with zero attached hydrogens (tertiary/aromatic N) is 1. The highest BCUT2D eigenvalue weighted by Gasteiger charge is 2.14. The van der Waals surface area contributed by atoms with E-state index in [2.05, 4.69) is 30.1 Å². The topological polar surface area (TPSA) is 12.9 Å². The van der Waals surface area contributed by atoms with Gasteiger partial charge in [0.25, 0.3) is 0 Å². The third-order valence-corrected chi connectivity index (χ3v) is 3.23. The summed E-state index contributed by atoms with van der Waals surface area (Å²) in [6.07, 6.45) is 7.19. The van der Waals surface area contributed by atoms with Crippen molar-refractivity contribution >= 4 is 11.6 Å². The second-order valence-electron chi connectivity index (χ2n) is 4.33. The zero-order valence-corrected chi connectivity index (χ0v) is 11.3. The Balaban J connectivity index is 2.27. The highest BCUT2D eigenvalue weighted by Crippen LogP contribution is 2.28. The van der Waals surface area contributed by atoms with E-state index in [1.54, 1.807) is 0 Å². The lowest BCUT2D eigenvalue weighted by Crippen LogP contribution is -2.02. The Labute approximate surface area is 114 Å². The normalized spacial score (nSPS) is 10.8. The minimum absolute atomic E-state index is 0.778. The standard InChI is InChI=1S/C16H17ClN/c1-2-3-6-16(14-5-4-11-18-12-14)13-7-9-15(17)10-8-13/h4-5,7-12H,2-3,6H2,1H3. The van der Waals surface area contributed by atoms with Crippen LogP contribution in [-0.2, 0) is 0 Å². The van der Waals surface area contributed by atoms with Gasteiger partial charge >= 0.3 is 0 Å². The highest BCUT2D eigenvalue weighted by atomic mass is 35.5. The summed E-state index contributed by atoms with van der Waals surface area (Å²) < 4.78 is 0. The van der Waals surface area contributed by atoms with E-state index in [-0.39, 0.29) is 0 Å². The summed E-state index contributed by atoms with van der Waals surface area (Å²) >= 11 is 5.95. The van der Waals surface area contributed by atoms with Crippen molar-refractivity contribution in [1.29, 1.82) is 0 Å². The van der Waals surface area contributed by atoms with E-state index >= 15 is 0 Å². The Bertz CT molecular complexity index is 464. The van der Waals surface area contributed by atoms with Gasteiger partial charge < -0.3 is 0 Å². The first-order chi connectivity index (χ1) is 8.81. The monoisotopic (exact) mass is 258 g/mol. The highest BCUT2D eigenvalue weighted by molar-refractivity contribution is 6.30. The fourth-order valence-corrected chi connectivity index (χ4v) is 2.13. The summed E-state index contributed by atoms with van der Waals surface area (Å²) in [7, 11) is 0. The Morgan fingerprint density at radius 2 is 1.89 bits per heavy atom. The van der Waals surface area contributed by atoms with Crippen molar-refractivity contribution in [2.75, 3.05) is 0 Å². The molecular formula is C16H17ClN. The van der Waals surface area contributed by atoms with Crippen molar-refractivity contribution in [3.8, 4) is 0 Å². The van der Waals surface area contributed by atoms with E-state index in [0.29, 0.717) is 0 Å². The quantitative estimate of drug-likeness (QED) is 0.744.